The number of carbonyl (C=O) groups is 1. The van der Waals surface area contributed by atoms with Crippen LogP contribution < -0.4 is 5.32 Å². The number of aryl methyl sites for hydroxylation is 2. The van der Waals surface area contributed by atoms with Crippen molar-refractivity contribution in [2.45, 2.75) is 19.9 Å². The summed E-state index contributed by atoms with van der Waals surface area (Å²) in [6.07, 6.45) is 3.48. The van der Waals surface area contributed by atoms with E-state index in [1.165, 1.54) is 11.1 Å². The molecule has 0 bridgehead atoms. The van der Waals surface area contributed by atoms with E-state index in [0.29, 0.717) is 17.4 Å². The molecule has 2 aliphatic rings. The smallest absolute Gasteiger partial charge is 0.255 e. The first kappa shape index (κ1) is 20.7. The van der Waals surface area contributed by atoms with Crippen LogP contribution in [0.1, 0.15) is 33.1 Å². The highest BCUT2D eigenvalue weighted by Crippen LogP contribution is 2.44. The number of likely N-dealkylation sites (tertiary alicyclic amines) is 1. The number of rotatable bonds is 2. The van der Waals surface area contributed by atoms with Crippen molar-refractivity contribution in [1.82, 2.24) is 15.2 Å². The van der Waals surface area contributed by atoms with Gasteiger partial charge >= 0.3 is 0 Å². The van der Waals surface area contributed by atoms with Gasteiger partial charge in [0.25, 0.3) is 5.91 Å². The number of halogens is 2. The van der Waals surface area contributed by atoms with Gasteiger partial charge in [0.1, 0.15) is 0 Å². The molecule has 6 heteroatoms. The zero-order valence-electron chi connectivity index (χ0n) is 15.0. The molecule has 4 rings (SSSR count). The van der Waals surface area contributed by atoms with Gasteiger partial charge in [-0.05, 0) is 42.5 Å². The zero-order chi connectivity index (χ0) is 16.7. The fourth-order valence-corrected chi connectivity index (χ4v) is 4.28. The number of benzene rings is 1. The molecule has 2 fully saturated rings. The molecule has 4 nitrogen and oxygen atoms in total. The highest BCUT2D eigenvalue weighted by Gasteiger charge is 2.47. The first-order valence-electron chi connectivity index (χ1n) is 8.64. The molecule has 2 saturated heterocycles. The van der Waals surface area contributed by atoms with Crippen LogP contribution in [0, 0.1) is 25.7 Å². The molecule has 26 heavy (non-hydrogen) atoms. The number of fused-ring (bicyclic) bond motifs is 1. The van der Waals surface area contributed by atoms with Gasteiger partial charge in [-0.1, -0.05) is 24.3 Å². The Morgan fingerprint density at radius 3 is 2.65 bits per heavy atom. The lowest BCUT2D eigenvalue weighted by molar-refractivity contribution is 0.0713. The van der Waals surface area contributed by atoms with Crippen molar-refractivity contribution in [3.63, 3.8) is 0 Å². The average Bonchev–Trinajstić information content (AvgIpc) is 3.16. The predicted molar refractivity (Wildman–Crippen MR) is 108 cm³/mol. The van der Waals surface area contributed by atoms with Crippen molar-refractivity contribution in [3.05, 3.63) is 65.0 Å². The maximum absolute atomic E-state index is 13.2. The average molecular weight is 394 g/mol. The molecule has 1 amide bonds. The number of amides is 1. The van der Waals surface area contributed by atoms with Gasteiger partial charge in [-0.2, -0.15) is 0 Å². The van der Waals surface area contributed by atoms with Crippen molar-refractivity contribution in [3.8, 4) is 0 Å². The fraction of sp³-hybridized carbons (Fsp3) is 0.400. The molecular formula is C20H25Cl2N3O. The van der Waals surface area contributed by atoms with Crippen LogP contribution in [0.4, 0.5) is 0 Å². The lowest BCUT2D eigenvalue weighted by Crippen LogP contribution is -2.35. The van der Waals surface area contributed by atoms with Gasteiger partial charge in [0, 0.05) is 37.9 Å². The Hall–Kier alpha value is -1.62. The third kappa shape index (κ3) is 3.59. The van der Waals surface area contributed by atoms with Gasteiger partial charge in [-0.3, -0.25) is 9.78 Å². The maximum atomic E-state index is 13.2. The highest BCUT2D eigenvalue weighted by atomic mass is 35.5. The Kier molecular flexibility index (Phi) is 6.67. The molecule has 0 aliphatic carbocycles. The molecule has 1 aromatic carbocycles. The molecule has 3 heterocycles. The number of aromatic nitrogens is 1. The van der Waals surface area contributed by atoms with E-state index in [0.717, 1.165) is 25.2 Å². The van der Waals surface area contributed by atoms with Crippen LogP contribution in [0.5, 0.6) is 0 Å². The molecule has 3 atom stereocenters. The van der Waals surface area contributed by atoms with Crippen LogP contribution >= 0.6 is 24.8 Å². The molecule has 0 radical (unpaired) electrons. The highest BCUT2D eigenvalue weighted by molar-refractivity contribution is 5.94. The summed E-state index contributed by atoms with van der Waals surface area (Å²) in [6, 6.07) is 10.6. The standard InChI is InChI=1S/C20H23N3O.2ClH/c1-13-7-15(9-21-8-13)20(24)23-12-16-10-22-11-18(16)19(23)17-6-4-3-5-14(17)2;;/h3-9,16,18-19,22H,10-12H2,1-2H3;2*1H/t16-,18-,19-;;/m0../s1. The van der Waals surface area contributed by atoms with E-state index in [2.05, 4.69) is 46.4 Å². The number of nitrogens with zero attached hydrogens (tertiary/aromatic N) is 2. The van der Waals surface area contributed by atoms with E-state index in [9.17, 15) is 4.79 Å². The van der Waals surface area contributed by atoms with E-state index in [1.807, 2.05) is 13.0 Å². The second-order valence-electron chi connectivity index (χ2n) is 7.09. The Labute approximate surface area is 167 Å². The normalized spacial score (nSPS) is 23.8. The number of hydrogen-bond acceptors (Lipinski definition) is 3. The Bertz CT molecular complexity index is 783. The Morgan fingerprint density at radius 1 is 1.15 bits per heavy atom. The molecule has 1 aromatic heterocycles. The monoisotopic (exact) mass is 393 g/mol. The van der Waals surface area contributed by atoms with Crippen molar-refractivity contribution in [2.24, 2.45) is 11.8 Å². The molecule has 2 aliphatic heterocycles. The predicted octanol–water partition coefficient (Wildman–Crippen LogP) is 3.57. The third-order valence-corrected chi connectivity index (χ3v) is 5.45. The van der Waals surface area contributed by atoms with Crippen LogP contribution in [-0.2, 0) is 0 Å². The second kappa shape index (κ2) is 8.38. The number of nitrogens with one attached hydrogen (secondary N) is 1. The van der Waals surface area contributed by atoms with Gasteiger partial charge in [0.15, 0.2) is 0 Å². The van der Waals surface area contributed by atoms with Gasteiger partial charge in [0.05, 0.1) is 11.6 Å². The SMILES string of the molecule is Cc1cncc(C(=O)N2C[C@@H]3CNC[C@@H]3[C@@H]2c2ccccc2C)c1.Cl.Cl. The van der Waals surface area contributed by atoms with E-state index in [-0.39, 0.29) is 36.8 Å². The minimum Gasteiger partial charge on any atom is -0.331 e. The number of pyridine rings is 1. The Balaban J connectivity index is 0.00000121. The van der Waals surface area contributed by atoms with Crippen LogP contribution in [0.3, 0.4) is 0 Å². The fourth-order valence-electron chi connectivity index (χ4n) is 4.28. The van der Waals surface area contributed by atoms with Gasteiger partial charge < -0.3 is 10.2 Å². The van der Waals surface area contributed by atoms with Crippen molar-refractivity contribution >= 4 is 30.7 Å². The summed E-state index contributed by atoms with van der Waals surface area (Å²) in [7, 11) is 0. The molecule has 0 saturated carbocycles. The maximum Gasteiger partial charge on any atom is 0.255 e. The topological polar surface area (TPSA) is 45.2 Å². The van der Waals surface area contributed by atoms with Crippen LogP contribution in [0.25, 0.3) is 0 Å². The zero-order valence-corrected chi connectivity index (χ0v) is 16.6. The first-order chi connectivity index (χ1) is 11.6. The van der Waals surface area contributed by atoms with Crippen molar-refractivity contribution < 1.29 is 4.79 Å². The van der Waals surface area contributed by atoms with E-state index in [4.69, 9.17) is 0 Å². The summed E-state index contributed by atoms with van der Waals surface area (Å²) in [5.74, 6) is 1.14. The molecule has 0 spiro atoms. The minimum absolute atomic E-state index is 0. The van der Waals surface area contributed by atoms with E-state index in [1.54, 1.807) is 12.4 Å². The quantitative estimate of drug-likeness (QED) is 0.847. The Morgan fingerprint density at radius 2 is 1.92 bits per heavy atom. The largest absolute Gasteiger partial charge is 0.331 e. The number of hydrogen-bond donors (Lipinski definition) is 1. The van der Waals surface area contributed by atoms with Gasteiger partial charge in [-0.25, -0.2) is 0 Å². The minimum atomic E-state index is 0. The lowest BCUT2D eigenvalue weighted by atomic mass is 9.87. The molecule has 1 N–H and O–H groups in total. The molecule has 140 valence electrons. The van der Waals surface area contributed by atoms with Gasteiger partial charge in [0.2, 0.25) is 0 Å². The second-order valence-corrected chi connectivity index (χ2v) is 7.09. The van der Waals surface area contributed by atoms with Gasteiger partial charge in [-0.15, -0.1) is 24.8 Å². The summed E-state index contributed by atoms with van der Waals surface area (Å²) in [5.41, 5.74) is 4.26. The summed E-state index contributed by atoms with van der Waals surface area (Å²) in [4.78, 5) is 19.5. The van der Waals surface area contributed by atoms with E-state index >= 15 is 0 Å². The van der Waals surface area contributed by atoms with Crippen molar-refractivity contribution in [1.29, 1.82) is 0 Å². The molecular weight excluding hydrogens is 369 g/mol. The molecule has 2 aromatic rings. The summed E-state index contributed by atoms with van der Waals surface area (Å²) in [6.45, 7) is 6.93. The third-order valence-electron chi connectivity index (χ3n) is 5.45. The van der Waals surface area contributed by atoms with Crippen LogP contribution in [0.2, 0.25) is 0 Å². The summed E-state index contributed by atoms with van der Waals surface area (Å²) < 4.78 is 0. The van der Waals surface area contributed by atoms with Crippen molar-refractivity contribution in [2.75, 3.05) is 19.6 Å². The lowest BCUT2D eigenvalue weighted by Gasteiger charge is -2.29. The number of carbonyl (C=O) groups excluding carboxylic acids is 1. The van der Waals surface area contributed by atoms with E-state index < -0.39 is 0 Å². The first-order valence-corrected chi connectivity index (χ1v) is 8.64. The van der Waals surface area contributed by atoms with Crippen LogP contribution in [-0.4, -0.2) is 35.4 Å². The summed E-state index contributed by atoms with van der Waals surface area (Å²) >= 11 is 0. The summed E-state index contributed by atoms with van der Waals surface area (Å²) in [5, 5.41) is 3.50. The molecule has 0 unspecified atom stereocenters. The van der Waals surface area contributed by atoms with Crippen LogP contribution in [0.15, 0.2) is 42.7 Å².